The summed E-state index contributed by atoms with van der Waals surface area (Å²) in [6, 6.07) is 14.2. The largest absolute Gasteiger partial charge is 0.352 e. The van der Waals surface area contributed by atoms with Gasteiger partial charge >= 0.3 is 0 Å². The number of nitrogens with one attached hydrogen (secondary N) is 1. The first kappa shape index (κ1) is 20.2. The quantitative estimate of drug-likeness (QED) is 0.630. The van der Waals surface area contributed by atoms with Crippen molar-refractivity contribution in [3.05, 3.63) is 88.5 Å². The Labute approximate surface area is 169 Å². The minimum Gasteiger partial charge on any atom is -0.352 e. The van der Waals surface area contributed by atoms with Gasteiger partial charge in [-0.15, -0.1) is 0 Å². The Morgan fingerprint density at radius 3 is 2.45 bits per heavy atom. The molecule has 0 unspecified atom stereocenters. The second-order valence-corrected chi connectivity index (χ2v) is 6.82. The van der Waals surface area contributed by atoms with Crippen LogP contribution in [0.2, 0.25) is 0 Å². The van der Waals surface area contributed by atoms with Crippen LogP contribution in [0.5, 0.6) is 0 Å². The Morgan fingerprint density at radius 1 is 1.03 bits per heavy atom. The fraction of sp³-hybridized carbons (Fsp3) is 0.217. The van der Waals surface area contributed by atoms with E-state index >= 15 is 0 Å². The van der Waals surface area contributed by atoms with Gasteiger partial charge in [-0.2, -0.15) is 0 Å². The molecule has 0 spiro atoms. The van der Waals surface area contributed by atoms with E-state index in [-0.39, 0.29) is 29.7 Å². The van der Waals surface area contributed by atoms with Crippen LogP contribution in [0.1, 0.15) is 55.1 Å². The van der Waals surface area contributed by atoms with Crippen LogP contribution in [0.3, 0.4) is 0 Å². The van der Waals surface area contributed by atoms with E-state index < -0.39 is 0 Å². The fourth-order valence-electron chi connectivity index (χ4n) is 3.13. The van der Waals surface area contributed by atoms with E-state index in [2.05, 4.69) is 10.3 Å². The first-order chi connectivity index (χ1) is 13.9. The molecule has 0 aliphatic heterocycles. The lowest BCUT2D eigenvalue weighted by molar-refractivity contribution is 0.0950. The Hall–Kier alpha value is -3.54. The third-order valence-electron chi connectivity index (χ3n) is 4.81. The summed E-state index contributed by atoms with van der Waals surface area (Å²) < 4.78 is 1.53. The molecule has 29 heavy (non-hydrogen) atoms. The molecule has 0 bridgehead atoms. The number of hydrogen-bond donors (Lipinski definition) is 1. The minimum absolute atomic E-state index is 0.123. The third kappa shape index (κ3) is 4.32. The molecule has 1 aromatic heterocycles. The molecule has 3 aromatic rings. The van der Waals surface area contributed by atoms with Crippen LogP contribution in [-0.2, 0) is 13.5 Å². The highest BCUT2D eigenvalue weighted by Gasteiger charge is 2.20. The molecule has 2 aromatic carbocycles. The van der Waals surface area contributed by atoms with Crippen LogP contribution in [0, 0.1) is 6.92 Å². The molecule has 0 aliphatic rings. The van der Waals surface area contributed by atoms with Crippen molar-refractivity contribution >= 4 is 17.5 Å². The van der Waals surface area contributed by atoms with Gasteiger partial charge in [0, 0.05) is 31.1 Å². The van der Waals surface area contributed by atoms with Gasteiger partial charge in [-0.1, -0.05) is 36.4 Å². The maximum Gasteiger partial charge on any atom is 0.251 e. The van der Waals surface area contributed by atoms with Gasteiger partial charge in [0.05, 0.1) is 6.20 Å². The van der Waals surface area contributed by atoms with Crippen LogP contribution < -0.4 is 5.32 Å². The first-order valence-electron chi connectivity index (χ1n) is 9.44. The summed E-state index contributed by atoms with van der Waals surface area (Å²) in [4.78, 5) is 41.8. The average molecular weight is 389 g/mol. The first-order valence-corrected chi connectivity index (χ1v) is 9.44. The van der Waals surface area contributed by atoms with Gasteiger partial charge in [0.2, 0.25) is 5.78 Å². The number of nitrogens with zero attached hydrogens (tertiary/aromatic N) is 2. The van der Waals surface area contributed by atoms with Crippen molar-refractivity contribution in [2.24, 2.45) is 7.05 Å². The lowest BCUT2D eigenvalue weighted by Gasteiger charge is -2.09. The van der Waals surface area contributed by atoms with Gasteiger partial charge in [0.15, 0.2) is 11.6 Å². The number of aryl methyl sites for hydroxylation is 1. The van der Waals surface area contributed by atoms with Crippen molar-refractivity contribution in [2.75, 3.05) is 6.54 Å². The van der Waals surface area contributed by atoms with Gasteiger partial charge in [-0.3, -0.25) is 14.4 Å². The van der Waals surface area contributed by atoms with E-state index in [1.807, 2.05) is 26.0 Å². The molecule has 1 heterocycles. The number of ketones is 2. The molecule has 0 saturated heterocycles. The maximum absolute atomic E-state index is 12.9. The molecule has 1 amide bonds. The molecule has 0 fully saturated rings. The average Bonchev–Trinajstić information content (AvgIpc) is 3.11. The smallest absolute Gasteiger partial charge is 0.251 e. The summed E-state index contributed by atoms with van der Waals surface area (Å²) in [6.07, 6.45) is 1.55. The zero-order valence-corrected chi connectivity index (χ0v) is 16.7. The Kier molecular flexibility index (Phi) is 6.02. The van der Waals surface area contributed by atoms with E-state index in [1.54, 1.807) is 43.4 Å². The summed E-state index contributed by atoms with van der Waals surface area (Å²) in [5.41, 5.74) is 3.09. The Balaban J connectivity index is 1.84. The highest BCUT2D eigenvalue weighted by atomic mass is 16.2. The van der Waals surface area contributed by atoms with Crippen LogP contribution in [0.4, 0.5) is 0 Å². The molecule has 0 saturated carbocycles. The molecule has 6 heteroatoms. The maximum atomic E-state index is 12.9. The Bertz CT molecular complexity index is 1070. The molecule has 0 aliphatic carbocycles. The molecule has 148 valence electrons. The second-order valence-electron chi connectivity index (χ2n) is 6.82. The third-order valence-corrected chi connectivity index (χ3v) is 4.81. The van der Waals surface area contributed by atoms with E-state index in [0.29, 0.717) is 23.4 Å². The standard InChI is InChI=1S/C23H23N3O3/c1-4-24-23(29)17-11-10-15(2)18(12-17)13-20(27)19-14-25-22(26(19)3)21(28)16-8-6-5-7-9-16/h5-12,14H,4,13H2,1-3H3,(H,24,29). The highest BCUT2D eigenvalue weighted by Crippen LogP contribution is 2.16. The van der Waals surface area contributed by atoms with Crippen molar-refractivity contribution in [1.29, 1.82) is 0 Å². The van der Waals surface area contributed by atoms with Crippen LogP contribution in [-0.4, -0.2) is 33.6 Å². The van der Waals surface area contributed by atoms with Crippen molar-refractivity contribution < 1.29 is 14.4 Å². The van der Waals surface area contributed by atoms with E-state index in [0.717, 1.165) is 11.1 Å². The molecular weight excluding hydrogens is 366 g/mol. The molecule has 3 rings (SSSR count). The van der Waals surface area contributed by atoms with Crippen molar-refractivity contribution in [1.82, 2.24) is 14.9 Å². The van der Waals surface area contributed by atoms with Crippen LogP contribution >= 0.6 is 0 Å². The van der Waals surface area contributed by atoms with E-state index in [1.165, 1.54) is 10.8 Å². The fourth-order valence-corrected chi connectivity index (χ4v) is 3.13. The molecule has 6 nitrogen and oxygen atoms in total. The number of hydrogen-bond acceptors (Lipinski definition) is 4. The molecule has 1 N–H and O–H groups in total. The number of carbonyl (C=O) groups excluding carboxylic acids is 3. The summed E-state index contributed by atoms with van der Waals surface area (Å²) in [7, 11) is 1.66. The van der Waals surface area contributed by atoms with Crippen molar-refractivity contribution in [3.8, 4) is 0 Å². The number of carbonyl (C=O) groups is 3. The summed E-state index contributed by atoms with van der Waals surface area (Å²) in [5.74, 6) is -0.352. The lowest BCUT2D eigenvalue weighted by Crippen LogP contribution is -2.23. The zero-order chi connectivity index (χ0) is 21.0. The van der Waals surface area contributed by atoms with Gasteiger partial charge in [-0.05, 0) is 37.1 Å². The predicted octanol–water partition coefficient (Wildman–Crippen LogP) is 3.13. The topological polar surface area (TPSA) is 81.1 Å². The molecular formula is C23H23N3O3. The predicted molar refractivity (Wildman–Crippen MR) is 110 cm³/mol. The van der Waals surface area contributed by atoms with Crippen molar-refractivity contribution in [3.63, 3.8) is 0 Å². The Morgan fingerprint density at radius 2 is 1.76 bits per heavy atom. The van der Waals surface area contributed by atoms with Gasteiger partial charge in [0.1, 0.15) is 5.69 Å². The summed E-state index contributed by atoms with van der Waals surface area (Å²) >= 11 is 0. The molecule has 0 radical (unpaired) electrons. The van der Waals surface area contributed by atoms with Gasteiger partial charge < -0.3 is 9.88 Å². The lowest BCUT2D eigenvalue weighted by atomic mass is 9.99. The second kappa shape index (κ2) is 8.65. The van der Waals surface area contributed by atoms with Crippen molar-refractivity contribution in [2.45, 2.75) is 20.3 Å². The number of rotatable bonds is 7. The number of benzene rings is 2. The SMILES string of the molecule is CCNC(=O)c1ccc(C)c(CC(=O)c2cnc(C(=O)c3ccccc3)n2C)c1. The minimum atomic E-state index is -0.235. The molecule has 0 atom stereocenters. The number of Topliss-reactive ketones (excluding diaryl/α,β-unsaturated/α-hetero) is 1. The monoisotopic (exact) mass is 389 g/mol. The number of aromatic nitrogens is 2. The summed E-state index contributed by atoms with van der Waals surface area (Å²) in [6.45, 7) is 4.29. The zero-order valence-electron chi connectivity index (χ0n) is 16.7. The highest BCUT2D eigenvalue weighted by molar-refractivity contribution is 6.08. The van der Waals surface area contributed by atoms with E-state index in [9.17, 15) is 14.4 Å². The number of amides is 1. The van der Waals surface area contributed by atoms with Gasteiger partial charge in [0.25, 0.3) is 5.91 Å². The van der Waals surface area contributed by atoms with Gasteiger partial charge in [-0.25, -0.2) is 4.98 Å². The number of imidazole rings is 1. The van der Waals surface area contributed by atoms with Crippen LogP contribution in [0.25, 0.3) is 0 Å². The van der Waals surface area contributed by atoms with E-state index in [4.69, 9.17) is 0 Å². The normalized spacial score (nSPS) is 10.6. The van der Waals surface area contributed by atoms with Crippen LogP contribution in [0.15, 0.2) is 54.7 Å². The summed E-state index contributed by atoms with van der Waals surface area (Å²) in [5, 5.41) is 2.76.